The second-order valence-electron chi connectivity index (χ2n) is 5.44. The molecule has 1 heterocycles. The fraction of sp³-hybridized carbons (Fsp3) is 0.600. The van der Waals surface area contributed by atoms with E-state index in [1.165, 1.54) is 5.56 Å². The predicted molar refractivity (Wildman–Crippen MR) is 66.8 cm³/mol. The number of hydrogen-bond donors (Lipinski definition) is 1. The van der Waals surface area contributed by atoms with Crippen LogP contribution in [0.1, 0.15) is 31.2 Å². The monoisotopic (exact) mass is 232 g/mol. The summed E-state index contributed by atoms with van der Waals surface area (Å²) in [5.41, 5.74) is 1.38. The van der Waals surface area contributed by atoms with Crippen LogP contribution in [0.2, 0.25) is 0 Å². The summed E-state index contributed by atoms with van der Waals surface area (Å²) in [6.07, 6.45) is 2.19. The first-order chi connectivity index (χ1) is 8.27. The van der Waals surface area contributed by atoms with Gasteiger partial charge in [0, 0.05) is 12.5 Å². The van der Waals surface area contributed by atoms with Gasteiger partial charge in [0.05, 0.1) is 12.2 Å². The highest BCUT2D eigenvalue weighted by Gasteiger charge is 2.47. The molecule has 1 aliphatic carbocycles. The number of ether oxygens (including phenoxy) is 1. The standard InChI is InChI=1S/C15H20O2/c1-10-12(7-8-17-10)15(16)14-9-13(14)11-5-3-2-4-6-11/h2-6,10,12-16H,7-9H2,1H3. The molecule has 0 aromatic heterocycles. The van der Waals surface area contributed by atoms with Gasteiger partial charge in [-0.15, -0.1) is 0 Å². The molecule has 1 aromatic rings. The van der Waals surface area contributed by atoms with Crippen molar-refractivity contribution in [3.8, 4) is 0 Å². The van der Waals surface area contributed by atoms with E-state index in [9.17, 15) is 5.11 Å². The van der Waals surface area contributed by atoms with Gasteiger partial charge in [-0.05, 0) is 37.2 Å². The molecule has 0 spiro atoms. The minimum atomic E-state index is -0.183. The topological polar surface area (TPSA) is 29.5 Å². The molecule has 2 nitrogen and oxygen atoms in total. The Balaban J connectivity index is 1.64. The van der Waals surface area contributed by atoms with Crippen LogP contribution in [-0.4, -0.2) is 23.9 Å². The van der Waals surface area contributed by atoms with Crippen molar-refractivity contribution in [1.29, 1.82) is 0 Å². The molecule has 0 bridgehead atoms. The Morgan fingerprint density at radius 1 is 1.24 bits per heavy atom. The van der Waals surface area contributed by atoms with E-state index < -0.39 is 0 Å². The van der Waals surface area contributed by atoms with Crippen LogP contribution in [0.15, 0.2) is 30.3 Å². The molecule has 3 rings (SSSR count). The normalized spacial score (nSPS) is 38.0. The quantitative estimate of drug-likeness (QED) is 0.868. The molecule has 92 valence electrons. The summed E-state index contributed by atoms with van der Waals surface area (Å²) < 4.78 is 5.55. The van der Waals surface area contributed by atoms with E-state index >= 15 is 0 Å². The van der Waals surface area contributed by atoms with Crippen LogP contribution in [-0.2, 0) is 4.74 Å². The zero-order chi connectivity index (χ0) is 11.8. The zero-order valence-corrected chi connectivity index (χ0v) is 10.3. The number of aliphatic hydroxyl groups excluding tert-OH is 1. The van der Waals surface area contributed by atoms with E-state index in [-0.39, 0.29) is 12.2 Å². The summed E-state index contributed by atoms with van der Waals surface area (Å²) in [4.78, 5) is 0. The predicted octanol–water partition coefficient (Wildman–Crippen LogP) is 2.58. The molecule has 1 saturated carbocycles. The van der Waals surface area contributed by atoms with Crippen molar-refractivity contribution in [3.63, 3.8) is 0 Å². The van der Waals surface area contributed by atoms with Crippen molar-refractivity contribution >= 4 is 0 Å². The van der Waals surface area contributed by atoms with E-state index in [1.807, 2.05) is 6.07 Å². The average Bonchev–Trinajstić information content (AvgIpc) is 3.05. The van der Waals surface area contributed by atoms with E-state index in [2.05, 4.69) is 31.2 Å². The molecule has 5 unspecified atom stereocenters. The van der Waals surface area contributed by atoms with Gasteiger partial charge in [0.2, 0.25) is 0 Å². The molecular formula is C15H20O2. The van der Waals surface area contributed by atoms with Crippen molar-refractivity contribution in [2.45, 2.75) is 37.9 Å². The summed E-state index contributed by atoms with van der Waals surface area (Å²) >= 11 is 0. The first-order valence-electron chi connectivity index (χ1n) is 6.62. The zero-order valence-electron chi connectivity index (χ0n) is 10.3. The van der Waals surface area contributed by atoms with E-state index in [0.717, 1.165) is 19.4 Å². The molecule has 2 fully saturated rings. The van der Waals surface area contributed by atoms with Gasteiger partial charge in [-0.25, -0.2) is 0 Å². The summed E-state index contributed by atoms with van der Waals surface area (Å²) in [7, 11) is 0. The summed E-state index contributed by atoms with van der Waals surface area (Å²) in [6.45, 7) is 2.90. The highest BCUT2D eigenvalue weighted by atomic mass is 16.5. The third-order valence-electron chi connectivity index (χ3n) is 4.38. The van der Waals surface area contributed by atoms with Gasteiger partial charge < -0.3 is 9.84 Å². The minimum absolute atomic E-state index is 0.183. The summed E-state index contributed by atoms with van der Waals surface area (Å²) in [5, 5.41) is 10.4. The highest BCUT2D eigenvalue weighted by molar-refractivity contribution is 5.26. The van der Waals surface area contributed by atoms with Crippen LogP contribution in [0.5, 0.6) is 0 Å². The van der Waals surface area contributed by atoms with E-state index in [1.54, 1.807) is 0 Å². The van der Waals surface area contributed by atoms with Crippen molar-refractivity contribution in [1.82, 2.24) is 0 Å². The first kappa shape index (κ1) is 11.2. The second-order valence-corrected chi connectivity index (χ2v) is 5.44. The van der Waals surface area contributed by atoms with Gasteiger partial charge >= 0.3 is 0 Å². The number of rotatable bonds is 3. The SMILES string of the molecule is CC1OCCC1C(O)C1CC1c1ccccc1. The maximum Gasteiger partial charge on any atom is 0.0628 e. The smallest absolute Gasteiger partial charge is 0.0628 e. The highest BCUT2D eigenvalue weighted by Crippen LogP contribution is 2.52. The fourth-order valence-corrected chi connectivity index (χ4v) is 3.19. The van der Waals surface area contributed by atoms with Gasteiger partial charge in [-0.3, -0.25) is 0 Å². The third kappa shape index (κ3) is 2.12. The van der Waals surface area contributed by atoms with Crippen LogP contribution >= 0.6 is 0 Å². The Bertz CT molecular complexity index is 376. The molecule has 5 atom stereocenters. The van der Waals surface area contributed by atoms with Crippen molar-refractivity contribution in [3.05, 3.63) is 35.9 Å². The maximum absolute atomic E-state index is 10.4. The van der Waals surface area contributed by atoms with Crippen LogP contribution in [0.4, 0.5) is 0 Å². The summed E-state index contributed by atoms with van der Waals surface area (Å²) in [5.74, 6) is 1.36. The van der Waals surface area contributed by atoms with Gasteiger partial charge in [0.1, 0.15) is 0 Å². The molecule has 1 saturated heterocycles. The van der Waals surface area contributed by atoms with Crippen LogP contribution in [0, 0.1) is 11.8 Å². The van der Waals surface area contributed by atoms with Gasteiger partial charge in [0.15, 0.2) is 0 Å². The van der Waals surface area contributed by atoms with Crippen molar-refractivity contribution < 1.29 is 9.84 Å². The Morgan fingerprint density at radius 3 is 2.65 bits per heavy atom. The lowest BCUT2D eigenvalue weighted by atomic mass is 9.91. The molecular weight excluding hydrogens is 212 g/mol. The van der Waals surface area contributed by atoms with E-state index in [4.69, 9.17) is 4.74 Å². The Kier molecular flexibility index (Phi) is 2.93. The molecule has 1 N–H and O–H groups in total. The fourth-order valence-electron chi connectivity index (χ4n) is 3.19. The Morgan fingerprint density at radius 2 is 2.00 bits per heavy atom. The number of benzene rings is 1. The molecule has 17 heavy (non-hydrogen) atoms. The largest absolute Gasteiger partial charge is 0.392 e. The lowest BCUT2D eigenvalue weighted by Gasteiger charge is -2.21. The Hall–Kier alpha value is -0.860. The van der Waals surface area contributed by atoms with Gasteiger partial charge in [0.25, 0.3) is 0 Å². The molecule has 1 aromatic carbocycles. The van der Waals surface area contributed by atoms with Gasteiger partial charge in [-0.2, -0.15) is 0 Å². The van der Waals surface area contributed by atoms with Crippen molar-refractivity contribution in [2.24, 2.45) is 11.8 Å². The van der Waals surface area contributed by atoms with Gasteiger partial charge in [-0.1, -0.05) is 30.3 Å². The second kappa shape index (κ2) is 4.43. The lowest BCUT2D eigenvalue weighted by molar-refractivity contribution is 0.0315. The molecule has 2 heteroatoms. The summed E-state index contributed by atoms with van der Waals surface area (Å²) in [6, 6.07) is 10.6. The molecule has 2 aliphatic rings. The third-order valence-corrected chi connectivity index (χ3v) is 4.38. The minimum Gasteiger partial charge on any atom is -0.392 e. The average molecular weight is 232 g/mol. The lowest BCUT2D eigenvalue weighted by Crippen LogP contribution is -2.28. The molecule has 0 radical (unpaired) electrons. The van der Waals surface area contributed by atoms with Crippen LogP contribution < -0.4 is 0 Å². The van der Waals surface area contributed by atoms with E-state index in [0.29, 0.717) is 17.8 Å². The van der Waals surface area contributed by atoms with Crippen molar-refractivity contribution in [2.75, 3.05) is 6.61 Å². The number of aliphatic hydroxyl groups is 1. The number of hydrogen-bond acceptors (Lipinski definition) is 2. The maximum atomic E-state index is 10.4. The Labute approximate surface area is 103 Å². The van der Waals surface area contributed by atoms with Crippen LogP contribution in [0.3, 0.4) is 0 Å². The van der Waals surface area contributed by atoms with Crippen LogP contribution in [0.25, 0.3) is 0 Å². The molecule has 1 aliphatic heterocycles. The molecule has 0 amide bonds. The first-order valence-corrected chi connectivity index (χ1v) is 6.62.